The average molecular weight is 503 g/mol. The molecule has 2 aliphatic rings. The number of rotatable bonds is 3. The molecule has 144 valence electrons. The Kier molecular flexibility index (Phi) is 4.75. The lowest BCUT2D eigenvalue weighted by molar-refractivity contribution is 0.343. The highest BCUT2D eigenvalue weighted by Gasteiger charge is 2.44. The minimum Gasteiger partial charge on any atom is -0.341 e. The van der Waals surface area contributed by atoms with Crippen molar-refractivity contribution >= 4 is 43.2 Å². The fraction of sp³-hybridized carbons (Fsp3) is 0.381. The van der Waals surface area contributed by atoms with Gasteiger partial charge < -0.3 is 4.90 Å². The predicted molar refractivity (Wildman–Crippen MR) is 117 cm³/mol. The van der Waals surface area contributed by atoms with Gasteiger partial charge in [-0.05, 0) is 60.4 Å². The second kappa shape index (κ2) is 7.26. The van der Waals surface area contributed by atoms with Crippen molar-refractivity contribution in [2.45, 2.75) is 43.9 Å². The van der Waals surface area contributed by atoms with Gasteiger partial charge in [-0.2, -0.15) is 5.21 Å². The second-order valence-electron chi connectivity index (χ2n) is 7.70. The quantitative estimate of drug-likeness (QED) is 0.501. The molecule has 1 aliphatic heterocycles. The molecule has 1 aromatic heterocycles. The van der Waals surface area contributed by atoms with Crippen molar-refractivity contribution in [3.05, 3.63) is 62.3 Å². The van der Waals surface area contributed by atoms with Crippen LogP contribution in [0.15, 0.2) is 45.3 Å². The number of aromatic amines is 1. The number of aromatic nitrogens is 4. The normalized spacial score (nSPS) is 17.4. The van der Waals surface area contributed by atoms with Crippen molar-refractivity contribution in [1.29, 1.82) is 0 Å². The minimum absolute atomic E-state index is 0.0963. The lowest BCUT2D eigenvalue weighted by atomic mass is 9.63. The Morgan fingerprint density at radius 1 is 0.929 bits per heavy atom. The molecular formula is C21H21Br2N5. The van der Waals surface area contributed by atoms with E-state index in [-0.39, 0.29) is 5.41 Å². The smallest absolute Gasteiger partial charge is 0.176 e. The number of nitrogens with zero attached hydrogens (tertiary/aromatic N) is 4. The minimum atomic E-state index is 0.0963. The molecule has 0 atom stereocenters. The zero-order chi connectivity index (χ0) is 19.1. The summed E-state index contributed by atoms with van der Waals surface area (Å²) in [4.78, 5) is 2.43. The van der Waals surface area contributed by atoms with Crippen LogP contribution in [0.1, 0.15) is 49.1 Å². The lowest BCUT2D eigenvalue weighted by Crippen LogP contribution is -2.39. The van der Waals surface area contributed by atoms with Gasteiger partial charge in [-0.1, -0.05) is 56.3 Å². The number of tetrazole rings is 1. The Balaban J connectivity index is 1.67. The number of fused-ring (bicyclic) bond motifs is 4. The fourth-order valence-corrected chi connectivity index (χ4v) is 5.69. The van der Waals surface area contributed by atoms with Crippen LogP contribution in [0.4, 0.5) is 11.4 Å². The van der Waals surface area contributed by atoms with E-state index in [0.29, 0.717) is 0 Å². The molecule has 2 heterocycles. The maximum Gasteiger partial charge on any atom is 0.176 e. The highest BCUT2D eigenvalue weighted by atomic mass is 79.9. The van der Waals surface area contributed by atoms with Gasteiger partial charge in [-0.15, -0.1) is 10.2 Å². The van der Waals surface area contributed by atoms with Crippen LogP contribution in [0.25, 0.3) is 0 Å². The summed E-state index contributed by atoms with van der Waals surface area (Å²) in [6, 6.07) is 13.5. The molecule has 0 amide bonds. The molecule has 5 nitrogen and oxygen atoms in total. The topological polar surface area (TPSA) is 57.7 Å². The van der Waals surface area contributed by atoms with Crippen LogP contribution in [-0.4, -0.2) is 27.2 Å². The largest absolute Gasteiger partial charge is 0.341 e. The van der Waals surface area contributed by atoms with Crippen molar-refractivity contribution in [3.8, 4) is 0 Å². The van der Waals surface area contributed by atoms with Crippen molar-refractivity contribution in [1.82, 2.24) is 20.6 Å². The molecule has 2 aromatic carbocycles. The molecule has 7 heteroatoms. The van der Waals surface area contributed by atoms with Gasteiger partial charge in [0.1, 0.15) is 0 Å². The summed E-state index contributed by atoms with van der Waals surface area (Å²) in [5.41, 5.74) is 5.60. The van der Waals surface area contributed by atoms with E-state index in [0.717, 1.165) is 27.7 Å². The van der Waals surface area contributed by atoms with Crippen LogP contribution in [0.2, 0.25) is 0 Å². The molecule has 1 N–H and O–H groups in total. The first-order chi connectivity index (χ1) is 13.7. The Bertz CT molecular complexity index is 941. The summed E-state index contributed by atoms with van der Waals surface area (Å²) in [6.07, 6.45) is 7.04. The van der Waals surface area contributed by atoms with Gasteiger partial charge in [0, 0.05) is 38.7 Å². The summed E-state index contributed by atoms with van der Waals surface area (Å²) in [5, 5.41) is 14.5. The zero-order valence-corrected chi connectivity index (χ0v) is 18.6. The van der Waals surface area contributed by atoms with Crippen LogP contribution in [0.3, 0.4) is 0 Å². The van der Waals surface area contributed by atoms with E-state index in [1.807, 2.05) is 0 Å². The number of hydrogen-bond acceptors (Lipinski definition) is 4. The lowest BCUT2D eigenvalue weighted by Gasteiger charge is -2.47. The summed E-state index contributed by atoms with van der Waals surface area (Å²) in [7, 11) is 0. The van der Waals surface area contributed by atoms with Gasteiger partial charge in [-0.25, -0.2) is 0 Å². The highest BCUT2D eigenvalue weighted by Crippen LogP contribution is 2.56. The Hall–Kier alpha value is -1.73. The molecule has 1 aliphatic carbocycles. The van der Waals surface area contributed by atoms with E-state index in [2.05, 4.69) is 93.8 Å². The number of anilines is 2. The van der Waals surface area contributed by atoms with Gasteiger partial charge in [-0.3, -0.25) is 0 Å². The molecule has 28 heavy (non-hydrogen) atoms. The first-order valence-corrected chi connectivity index (χ1v) is 11.4. The first kappa shape index (κ1) is 18.3. The number of hydrogen-bond donors (Lipinski definition) is 1. The number of nitrogens with one attached hydrogen (secondary N) is 1. The van der Waals surface area contributed by atoms with E-state index < -0.39 is 0 Å². The van der Waals surface area contributed by atoms with E-state index in [1.54, 1.807) is 0 Å². The molecule has 1 spiro atoms. The molecule has 0 unspecified atom stereocenters. The van der Waals surface area contributed by atoms with Gasteiger partial charge in [0.05, 0.1) is 0 Å². The standard InChI is InChI=1S/C21H21Br2N5/c22-14-4-6-18-16(12-14)21(9-2-1-3-10-21)17-13-15(23)5-7-19(17)28(18)11-8-20-24-26-27-25-20/h4-7,12-13H,1-3,8-11H2,(H,24,25,26,27). The maximum atomic E-state index is 4.14. The molecule has 1 fully saturated rings. The average Bonchev–Trinajstić information content (AvgIpc) is 3.23. The Morgan fingerprint density at radius 3 is 2.14 bits per heavy atom. The van der Waals surface area contributed by atoms with E-state index in [9.17, 15) is 0 Å². The SMILES string of the molecule is Brc1ccc2c(c1)C1(CCCCC1)c1cc(Br)ccc1N2CCc1nn[nH]n1. The molecular weight excluding hydrogens is 482 g/mol. The number of H-pyrrole nitrogens is 1. The molecule has 3 aromatic rings. The summed E-state index contributed by atoms with van der Waals surface area (Å²) >= 11 is 7.45. The van der Waals surface area contributed by atoms with Crippen LogP contribution in [0, 0.1) is 0 Å². The second-order valence-corrected chi connectivity index (χ2v) is 9.53. The monoisotopic (exact) mass is 501 g/mol. The molecule has 0 radical (unpaired) electrons. The van der Waals surface area contributed by atoms with Crippen LogP contribution in [0.5, 0.6) is 0 Å². The third kappa shape index (κ3) is 2.99. The third-order valence-electron chi connectivity index (χ3n) is 6.19. The summed E-state index contributed by atoms with van der Waals surface area (Å²) in [5.74, 6) is 0.746. The first-order valence-electron chi connectivity index (χ1n) is 9.77. The van der Waals surface area contributed by atoms with Gasteiger partial charge in [0.25, 0.3) is 0 Å². The summed E-state index contributed by atoms with van der Waals surface area (Å²) in [6.45, 7) is 0.818. The maximum absolute atomic E-state index is 4.14. The Labute approximate surface area is 181 Å². The van der Waals surface area contributed by atoms with E-state index in [1.165, 1.54) is 54.6 Å². The van der Waals surface area contributed by atoms with E-state index in [4.69, 9.17) is 0 Å². The van der Waals surface area contributed by atoms with Crippen molar-refractivity contribution in [3.63, 3.8) is 0 Å². The fourth-order valence-electron chi connectivity index (χ4n) is 4.96. The van der Waals surface area contributed by atoms with Crippen molar-refractivity contribution in [2.75, 3.05) is 11.4 Å². The van der Waals surface area contributed by atoms with Crippen molar-refractivity contribution in [2.24, 2.45) is 0 Å². The predicted octanol–water partition coefficient (Wildman–Crippen LogP) is 5.67. The molecule has 5 rings (SSSR count). The zero-order valence-electron chi connectivity index (χ0n) is 15.5. The van der Waals surface area contributed by atoms with Crippen LogP contribution in [-0.2, 0) is 11.8 Å². The van der Waals surface area contributed by atoms with Gasteiger partial charge in [0.2, 0.25) is 0 Å². The molecule has 0 bridgehead atoms. The summed E-state index contributed by atoms with van der Waals surface area (Å²) < 4.78 is 2.29. The molecule has 1 saturated carbocycles. The third-order valence-corrected chi connectivity index (χ3v) is 7.17. The highest BCUT2D eigenvalue weighted by molar-refractivity contribution is 9.10. The van der Waals surface area contributed by atoms with Crippen LogP contribution >= 0.6 is 31.9 Å². The molecule has 0 saturated heterocycles. The van der Waals surface area contributed by atoms with Crippen molar-refractivity contribution < 1.29 is 0 Å². The number of halogens is 2. The van der Waals surface area contributed by atoms with Crippen LogP contribution < -0.4 is 4.90 Å². The van der Waals surface area contributed by atoms with Gasteiger partial charge in [0.15, 0.2) is 5.82 Å². The number of benzene rings is 2. The Morgan fingerprint density at radius 2 is 1.57 bits per heavy atom. The van der Waals surface area contributed by atoms with Gasteiger partial charge >= 0.3 is 0 Å². The van der Waals surface area contributed by atoms with E-state index >= 15 is 0 Å².